The number of imidazole rings is 1. The summed E-state index contributed by atoms with van der Waals surface area (Å²) in [6.07, 6.45) is 6.11. The number of amides is 1. The van der Waals surface area contributed by atoms with Crippen molar-refractivity contribution in [3.8, 4) is 0 Å². The summed E-state index contributed by atoms with van der Waals surface area (Å²) in [4.78, 5) is 33.1. The summed E-state index contributed by atoms with van der Waals surface area (Å²) in [6.45, 7) is 5.97. The van der Waals surface area contributed by atoms with E-state index in [0.717, 1.165) is 62.8 Å². The van der Waals surface area contributed by atoms with Crippen molar-refractivity contribution in [2.75, 3.05) is 18.8 Å². The van der Waals surface area contributed by atoms with Crippen LogP contribution in [-0.2, 0) is 17.8 Å². The molecule has 3 heterocycles. The number of fused-ring (bicyclic) bond motifs is 1. The molecule has 0 saturated carbocycles. The molecular weight excluding hydrogens is 330 g/mol. The number of carbonyl (C=O) groups excluding carboxylic acids is 1. The Morgan fingerprint density at radius 3 is 2.73 bits per heavy atom. The molecule has 2 aromatic heterocycles. The molecule has 0 unspecified atom stereocenters. The Hall–Kier alpha value is -2.31. The molecule has 26 heavy (non-hydrogen) atoms. The van der Waals surface area contributed by atoms with Gasteiger partial charge in [-0.15, -0.1) is 0 Å². The number of H-pyrrole nitrogens is 1. The lowest BCUT2D eigenvalue weighted by Crippen LogP contribution is -2.38. The first-order valence-electron chi connectivity index (χ1n) is 9.63. The molecule has 0 bridgehead atoms. The van der Waals surface area contributed by atoms with Crippen LogP contribution in [0.3, 0.4) is 0 Å². The molecule has 1 amide bonds. The zero-order valence-electron chi connectivity index (χ0n) is 15.8. The highest BCUT2D eigenvalue weighted by Gasteiger charge is 2.22. The van der Waals surface area contributed by atoms with Gasteiger partial charge in [0.25, 0.3) is 0 Å². The number of nitrogens with two attached hydrogens (primary N) is 1. The molecule has 7 nitrogen and oxygen atoms in total. The second-order valence-electron chi connectivity index (χ2n) is 7.34. The Labute approximate surface area is 153 Å². The van der Waals surface area contributed by atoms with E-state index in [9.17, 15) is 9.59 Å². The minimum absolute atomic E-state index is 0.128. The van der Waals surface area contributed by atoms with E-state index in [2.05, 4.69) is 16.9 Å². The third kappa shape index (κ3) is 3.92. The van der Waals surface area contributed by atoms with Crippen LogP contribution in [0.1, 0.15) is 51.6 Å². The van der Waals surface area contributed by atoms with Gasteiger partial charge in [-0.25, -0.2) is 9.78 Å². The summed E-state index contributed by atoms with van der Waals surface area (Å²) in [7, 11) is 0. The summed E-state index contributed by atoms with van der Waals surface area (Å²) in [5, 5.41) is 0. The number of nitrogen functional groups attached to an aromatic ring is 1. The number of unbranched alkanes of at least 4 members (excludes halogenated alkanes) is 2. The Balaban J connectivity index is 1.80. The minimum atomic E-state index is -0.131. The molecule has 0 spiro atoms. The molecule has 0 aromatic carbocycles. The first-order valence-corrected chi connectivity index (χ1v) is 9.63. The summed E-state index contributed by atoms with van der Waals surface area (Å²) in [6, 6.07) is 2.00. The Morgan fingerprint density at radius 1 is 1.35 bits per heavy atom. The largest absolute Gasteiger partial charge is 0.382 e. The van der Waals surface area contributed by atoms with Crippen LogP contribution in [0, 0.1) is 5.92 Å². The summed E-state index contributed by atoms with van der Waals surface area (Å²) >= 11 is 0. The van der Waals surface area contributed by atoms with Crippen LogP contribution >= 0.6 is 0 Å². The molecule has 2 aromatic rings. The van der Waals surface area contributed by atoms with Gasteiger partial charge in [0.05, 0.1) is 5.52 Å². The van der Waals surface area contributed by atoms with Gasteiger partial charge < -0.3 is 15.6 Å². The van der Waals surface area contributed by atoms with Gasteiger partial charge in [0.2, 0.25) is 5.91 Å². The molecule has 0 atom stereocenters. The van der Waals surface area contributed by atoms with E-state index >= 15 is 0 Å². The van der Waals surface area contributed by atoms with Crippen LogP contribution < -0.4 is 11.4 Å². The van der Waals surface area contributed by atoms with Crippen LogP contribution in [-0.4, -0.2) is 38.4 Å². The SMILES string of the molecule is CCCCCc1cc2c([nH]c(=O)n2CC2CCN(C(C)=O)CC2)c(N)n1. The lowest BCUT2D eigenvalue weighted by molar-refractivity contribution is -0.130. The molecule has 0 aliphatic carbocycles. The number of aryl methyl sites for hydroxylation is 1. The number of carbonyl (C=O) groups is 1. The molecule has 1 aliphatic heterocycles. The third-order valence-electron chi connectivity index (χ3n) is 5.38. The predicted octanol–water partition coefficient (Wildman–Crippen LogP) is 2.30. The lowest BCUT2D eigenvalue weighted by Gasteiger charge is -2.31. The fraction of sp³-hybridized carbons (Fsp3) is 0.632. The number of pyridine rings is 1. The summed E-state index contributed by atoms with van der Waals surface area (Å²) in [5.41, 5.74) is 8.39. The van der Waals surface area contributed by atoms with Crippen LogP contribution in [0.15, 0.2) is 10.9 Å². The molecule has 3 N–H and O–H groups in total. The standard InChI is InChI=1S/C19H29N5O2/c1-3-4-5-6-15-11-16-17(18(20)21-15)22-19(26)24(16)12-14-7-9-23(10-8-14)13(2)25/h11,14H,3-10,12H2,1-2H3,(H2,20,21)(H,22,26). The molecule has 142 valence electrons. The van der Waals surface area contributed by atoms with Crippen LogP contribution in [0.25, 0.3) is 11.0 Å². The monoisotopic (exact) mass is 359 g/mol. The Morgan fingerprint density at radius 2 is 2.08 bits per heavy atom. The van der Waals surface area contributed by atoms with Gasteiger partial charge in [-0.3, -0.25) is 9.36 Å². The van der Waals surface area contributed by atoms with E-state index in [4.69, 9.17) is 5.73 Å². The topological polar surface area (TPSA) is 97.0 Å². The number of aromatic nitrogens is 3. The average molecular weight is 359 g/mol. The van der Waals surface area contributed by atoms with E-state index in [1.54, 1.807) is 11.5 Å². The molecule has 1 saturated heterocycles. The van der Waals surface area contributed by atoms with Crippen molar-refractivity contribution in [2.45, 2.75) is 58.9 Å². The fourth-order valence-electron chi connectivity index (χ4n) is 3.78. The first-order chi connectivity index (χ1) is 12.5. The maximum atomic E-state index is 12.5. The zero-order chi connectivity index (χ0) is 18.7. The van der Waals surface area contributed by atoms with Gasteiger partial charge in [0.1, 0.15) is 11.3 Å². The number of aromatic amines is 1. The van der Waals surface area contributed by atoms with Crippen molar-refractivity contribution in [3.63, 3.8) is 0 Å². The Bertz CT molecular complexity index is 830. The van der Waals surface area contributed by atoms with Crippen LogP contribution in [0.2, 0.25) is 0 Å². The highest BCUT2D eigenvalue weighted by molar-refractivity contribution is 5.85. The van der Waals surface area contributed by atoms with E-state index in [1.807, 2.05) is 11.0 Å². The molecule has 7 heteroatoms. The lowest BCUT2D eigenvalue weighted by atomic mass is 9.96. The Kier molecular flexibility index (Phi) is 5.64. The number of hydrogen-bond acceptors (Lipinski definition) is 4. The number of likely N-dealkylation sites (tertiary alicyclic amines) is 1. The maximum Gasteiger partial charge on any atom is 0.326 e. The smallest absolute Gasteiger partial charge is 0.326 e. The zero-order valence-corrected chi connectivity index (χ0v) is 15.8. The van der Waals surface area contributed by atoms with Gasteiger partial charge in [-0.05, 0) is 37.7 Å². The van der Waals surface area contributed by atoms with Crippen molar-refractivity contribution in [3.05, 3.63) is 22.2 Å². The van der Waals surface area contributed by atoms with Crippen LogP contribution in [0.5, 0.6) is 0 Å². The second-order valence-corrected chi connectivity index (χ2v) is 7.34. The highest BCUT2D eigenvalue weighted by Crippen LogP contribution is 2.23. The normalized spacial score (nSPS) is 15.7. The van der Waals surface area contributed by atoms with Gasteiger partial charge in [-0.2, -0.15) is 0 Å². The first kappa shape index (κ1) is 18.5. The summed E-state index contributed by atoms with van der Waals surface area (Å²) in [5.74, 6) is 0.916. The molecule has 0 radical (unpaired) electrons. The molecule has 1 aliphatic rings. The van der Waals surface area contributed by atoms with E-state index in [-0.39, 0.29) is 11.6 Å². The number of hydrogen-bond donors (Lipinski definition) is 2. The van der Waals surface area contributed by atoms with E-state index in [0.29, 0.717) is 23.8 Å². The number of nitrogens with one attached hydrogen (secondary N) is 1. The van der Waals surface area contributed by atoms with Crippen molar-refractivity contribution in [2.24, 2.45) is 5.92 Å². The molecule has 3 rings (SSSR count). The number of nitrogens with zero attached hydrogens (tertiary/aromatic N) is 3. The molecular formula is C19H29N5O2. The van der Waals surface area contributed by atoms with Gasteiger partial charge >= 0.3 is 5.69 Å². The minimum Gasteiger partial charge on any atom is -0.382 e. The van der Waals surface area contributed by atoms with Crippen molar-refractivity contribution < 1.29 is 4.79 Å². The van der Waals surface area contributed by atoms with Gasteiger partial charge in [0, 0.05) is 32.3 Å². The maximum absolute atomic E-state index is 12.5. The van der Waals surface area contributed by atoms with Gasteiger partial charge in [-0.1, -0.05) is 19.8 Å². The third-order valence-corrected chi connectivity index (χ3v) is 5.38. The number of piperidine rings is 1. The predicted molar refractivity (Wildman–Crippen MR) is 103 cm³/mol. The summed E-state index contributed by atoms with van der Waals surface area (Å²) < 4.78 is 1.80. The van der Waals surface area contributed by atoms with Crippen molar-refractivity contribution in [1.82, 2.24) is 19.4 Å². The van der Waals surface area contributed by atoms with E-state index < -0.39 is 0 Å². The number of rotatable bonds is 6. The fourth-order valence-corrected chi connectivity index (χ4v) is 3.78. The molecule has 1 fully saturated rings. The van der Waals surface area contributed by atoms with Crippen LogP contribution in [0.4, 0.5) is 5.82 Å². The second kappa shape index (κ2) is 7.93. The quantitative estimate of drug-likeness (QED) is 0.773. The highest BCUT2D eigenvalue weighted by atomic mass is 16.2. The van der Waals surface area contributed by atoms with Crippen molar-refractivity contribution in [1.29, 1.82) is 0 Å². The van der Waals surface area contributed by atoms with E-state index in [1.165, 1.54) is 0 Å². The van der Waals surface area contributed by atoms with Crippen molar-refractivity contribution >= 4 is 22.8 Å². The van der Waals surface area contributed by atoms with Gasteiger partial charge in [0.15, 0.2) is 0 Å². The number of anilines is 1. The average Bonchev–Trinajstić information content (AvgIpc) is 2.92.